The van der Waals surface area contributed by atoms with E-state index in [2.05, 4.69) is 15.6 Å². The van der Waals surface area contributed by atoms with Crippen molar-refractivity contribution >= 4 is 40.0 Å². The first-order valence-electron chi connectivity index (χ1n) is 12.3. The molecule has 3 aromatic carbocycles. The van der Waals surface area contributed by atoms with Crippen molar-refractivity contribution in [3.8, 4) is 5.75 Å². The normalized spacial score (nSPS) is 26.1. The summed E-state index contributed by atoms with van der Waals surface area (Å²) in [6.45, 7) is 0. The SMILES string of the molecule is COc1cccc(N2C(=O)[C@@H]3[C@H](Cc4c[nH]c5ccccc45)N[C@@]4(C(=O)Nc5ccccc54)[C@@H]3C2=O)c1. The molecule has 4 aromatic rings. The third kappa shape index (κ3) is 2.90. The molecule has 2 saturated heterocycles. The average Bonchev–Trinajstić information content (AvgIpc) is 3.63. The molecule has 3 N–H and O–H groups in total. The van der Waals surface area contributed by atoms with Crippen LogP contribution in [0.25, 0.3) is 10.9 Å². The number of nitrogens with zero attached hydrogens (tertiary/aromatic N) is 1. The third-order valence-corrected chi connectivity index (χ3v) is 8.05. The van der Waals surface area contributed by atoms with Gasteiger partial charge in [0.1, 0.15) is 11.3 Å². The molecule has 0 radical (unpaired) electrons. The first-order valence-corrected chi connectivity index (χ1v) is 12.3. The van der Waals surface area contributed by atoms with Crippen LogP contribution in [0.5, 0.6) is 5.75 Å². The molecule has 0 bridgehead atoms. The van der Waals surface area contributed by atoms with Crippen molar-refractivity contribution in [3.63, 3.8) is 0 Å². The van der Waals surface area contributed by atoms with E-state index in [0.717, 1.165) is 16.5 Å². The van der Waals surface area contributed by atoms with Crippen LogP contribution in [0.2, 0.25) is 0 Å². The highest BCUT2D eigenvalue weighted by Crippen LogP contribution is 2.54. The predicted octanol–water partition coefficient (Wildman–Crippen LogP) is 3.34. The number of aromatic amines is 1. The Hall–Kier alpha value is -4.43. The fourth-order valence-corrected chi connectivity index (χ4v) is 6.47. The molecule has 7 rings (SSSR count). The Labute approximate surface area is 212 Å². The molecule has 0 aliphatic carbocycles. The van der Waals surface area contributed by atoms with Crippen LogP contribution in [-0.2, 0) is 26.3 Å². The molecule has 4 atom stereocenters. The molecule has 0 unspecified atom stereocenters. The van der Waals surface area contributed by atoms with Gasteiger partial charge in [0.25, 0.3) is 0 Å². The number of carbonyl (C=O) groups is 3. The lowest BCUT2D eigenvalue weighted by Crippen LogP contribution is -2.53. The van der Waals surface area contributed by atoms with Crippen LogP contribution in [0.15, 0.2) is 79.0 Å². The molecule has 4 heterocycles. The first kappa shape index (κ1) is 21.8. The third-order valence-electron chi connectivity index (χ3n) is 8.05. The average molecular weight is 493 g/mol. The Bertz CT molecular complexity index is 1610. The van der Waals surface area contributed by atoms with E-state index in [1.54, 1.807) is 24.3 Å². The minimum atomic E-state index is -1.33. The zero-order valence-electron chi connectivity index (χ0n) is 20.0. The highest BCUT2D eigenvalue weighted by Gasteiger charge is 2.70. The quantitative estimate of drug-likeness (QED) is 0.379. The van der Waals surface area contributed by atoms with Gasteiger partial charge >= 0.3 is 0 Å². The summed E-state index contributed by atoms with van der Waals surface area (Å²) >= 11 is 0. The van der Waals surface area contributed by atoms with E-state index >= 15 is 0 Å². The Balaban J connectivity index is 1.37. The summed E-state index contributed by atoms with van der Waals surface area (Å²) in [5.74, 6) is -2.06. The molecule has 1 spiro atoms. The van der Waals surface area contributed by atoms with Crippen LogP contribution in [0, 0.1) is 11.8 Å². The molecule has 0 saturated carbocycles. The zero-order chi connectivity index (χ0) is 25.3. The number of amides is 3. The number of ether oxygens (including phenoxy) is 1. The number of nitrogens with one attached hydrogen (secondary N) is 3. The molecule has 8 nitrogen and oxygen atoms in total. The second kappa shape index (κ2) is 7.78. The lowest BCUT2D eigenvalue weighted by Gasteiger charge is -2.29. The van der Waals surface area contributed by atoms with E-state index in [0.29, 0.717) is 29.1 Å². The van der Waals surface area contributed by atoms with Gasteiger partial charge in [-0.3, -0.25) is 19.7 Å². The summed E-state index contributed by atoms with van der Waals surface area (Å²) in [4.78, 5) is 46.4. The summed E-state index contributed by atoms with van der Waals surface area (Å²) in [6, 6.07) is 21.8. The summed E-state index contributed by atoms with van der Waals surface area (Å²) in [6.07, 6.45) is 2.42. The monoisotopic (exact) mass is 492 g/mol. The van der Waals surface area contributed by atoms with Crippen molar-refractivity contribution < 1.29 is 19.1 Å². The van der Waals surface area contributed by atoms with Crippen LogP contribution >= 0.6 is 0 Å². The smallest absolute Gasteiger partial charge is 0.250 e. The fraction of sp³-hybridized carbons (Fsp3) is 0.207. The number of H-pyrrole nitrogens is 1. The van der Waals surface area contributed by atoms with Crippen molar-refractivity contribution in [2.45, 2.75) is 18.0 Å². The van der Waals surface area contributed by atoms with E-state index in [-0.39, 0.29) is 17.7 Å². The van der Waals surface area contributed by atoms with E-state index in [4.69, 9.17) is 4.74 Å². The molecule has 3 aliphatic heterocycles. The number of rotatable bonds is 4. The maximum atomic E-state index is 14.1. The first-order chi connectivity index (χ1) is 18.0. The number of benzene rings is 3. The van der Waals surface area contributed by atoms with Crippen molar-refractivity contribution in [1.82, 2.24) is 10.3 Å². The number of imide groups is 1. The standard InChI is InChI=1S/C29H24N4O4/c1-37-18-8-6-7-17(14-18)33-26(34)24-23(13-16-15-30-21-11-4-2-9-19(16)21)32-29(25(24)27(33)35)20-10-3-5-12-22(20)31-28(29)36/h2-12,14-15,23-25,30,32H,13H2,1H3,(H,31,36)/t23-,24+,25-,29+/m0/s1. The minimum Gasteiger partial charge on any atom is -0.497 e. The lowest BCUT2D eigenvalue weighted by atomic mass is 9.76. The molecule has 184 valence electrons. The number of para-hydroxylation sites is 2. The highest BCUT2D eigenvalue weighted by atomic mass is 16.5. The minimum absolute atomic E-state index is 0.307. The molecule has 3 amide bonds. The van der Waals surface area contributed by atoms with Crippen LogP contribution in [0.1, 0.15) is 11.1 Å². The van der Waals surface area contributed by atoms with E-state index in [9.17, 15) is 14.4 Å². The van der Waals surface area contributed by atoms with Crippen LogP contribution < -0.4 is 20.3 Å². The fourth-order valence-electron chi connectivity index (χ4n) is 6.47. The second-order valence-corrected chi connectivity index (χ2v) is 9.84. The lowest BCUT2D eigenvalue weighted by molar-refractivity contribution is -0.130. The van der Waals surface area contributed by atoms with Gasteiger partial charge in [0.05, 0.1) is 24.6 Å². The Kier molecular flexibility index (Phi) is 4.59. The van der Waals surface area contributed by atoms with Gasteiger partial charge in [0.15, 0.2) is 0 Å². The number of hydrogen-bond donors (Lipinski definition) is 3. The topological polar surface area (TPSA) is 104 Å². The molecule has 8 heteroatoms. The van der Waals surface area contributed by atoms with Gasteiger partial charge in [-0.25, -0.2) is 4.90 Å². The number of fused-ring (bicyclic) bond motifs is 5. The molecule has 2 fully saturated rings. The molecular weight excluding hydrogens is 468 g/mol. The van der Waals surface area contributed by atoms with Crippen LogP contribution in [0.3, 0.4) is 0 Å². The predicted molar refractivity (Wildman–Crippen MR) is 138 cm³/mol. The summed E-state index contributed by atoms with van der Waals surface area (Å²) < 4.78 is 5.34. The maximum Gasteiger partial charge on any atom is 0.250 e. The Morgan fingerprint density at radius 2 is 1.76 bits per heavy atom. The largest absolute Gasteiger partial charge is 0.497 e. The van der Waals surface area contributed by atoms with Crippen molar-refractivity contribution in [2.24, 2.45) is 11.8 Å². The molecule has 1 aromatic heterocycles. The number of aromatic nitrogens is 1. The van der Waals surface area contributed by atoms with Gasteiger partial charge in [-0.15, -0.1) is 0 Å². The van der Waals surface area contributed by atoms with Crippen molar-refractivity contribution in [3.05, 3.63) is 90.1 Å². The molecule has 3 aliphatic rings. The van der Waals surface area contributed by atoms with E-state index < -0.39 is 23.4 Å². The number of hydrogen-bond acceptors (Lipinski definition) is 5. The van der Waals surface area contributed by atoms with Gasteiger partial charge in [-0.1, -0.05) is 42.5 Å². The van der Waals surface area contributed by atoms with Crippen LogP contribution in [0.4, 0.5) is 11.4 Å². The number of methoxy groups -OCH3 is 1. The van der Waals surface area contributed by atoms with E-state index in [1.807, 2.05) is 54.7 Å². The Morgan fingerprint density at radius 3 is 2.62 bits per heavy atom. The molecule has 37 heavy (non-hydrogen) atoms. The van der Waals surface area contributed by atoms with Gasteiger partial charge in [0, 0.05) is 40.5 Å². The second-order valence-electron chi connectivity index (χ2n) is 9.84. The summed E-state index contributed by atoms with van der Waals surface area (Å²) in [5.41, 5.74) is 2.49. The highest BCUT2D eigenvalue weighted by molar-refractivity contribution is 6.25. The van der Waals surface area contributed by atoms with E-state index in [1.165, 1.54) is 12.0 Å². The van der Waals surface area contributed by atoms with Crippen molar-refractivity contribution in [1.29, 1.82) is 0 Å². The summed E-state index contributed by atoms with van der Waals surface area (Å²) in [5, 5.41) is 7.52. The van der Waals surface area contributed by atoms with Gasteiger partial charge in [0.2, 0.25) is 17.7 Å². The zero-order valence-corrected chi connectivity index (χ0v) is 20.0. The molecular formula is C29H24N4O4. The number of carbonyl (C=O) groups excluding carboxylic acids is 3. The van der Waals surface area contributed by atoms with Gasteiger partial charge in [-0.05, 0) is 36.2 Å². The van der Waals surface area contributed by atoms with Gasteiger partial charge < -0.3 is 15.0 Å². The van der Waals surface area contributed by atoms with Gasteiger partial charge in [-0.2, -0.15) is 0 Å². The van der Waals surface area contributed by atoms with Crippen LogP contribution in [-0.4, -0.2) is 35.9 Å². The Morgan fingerprint density at radius 1 is 0.946 bits per heavy atom. The van der Waals surface area contributed by atoms with Crippen molar-refractivity contribution in [2.75, 3.05) is 17.3 Å². The number of anilines is 2. The summed E-state index contributed by atoms with van der Waals surface area (Å²) in [7, 11) is 1.54. The maximum absolute atomic E-state index is 14.1.